The van der Waals surface area contributed by atoms with E-state index in [2.05, 4.69) is 5.48 Å². The topological polar surface area (TPSA) is 82.3 Å². The van der Waals surface area contributed by atoms with Gasteiger partial charge in [0.25, 0.3) is 5.56 Å². The Morgan fingerprint density at radius 1 is 1.26 bits per heavy atom. The average Bonchev–Trinajstić information content (AvgIpc) is 2.56. The van der Waals surface area contributed by atoms with Gasteiger partial charge in [-0.2, -0.15) is 18.7 Å². The number of Topliss-reactive ketones (excluding diaryl/α,β-unsaturated/α-hetero) is 1. The lowest BCUT2D eigenvalue weighted by Gasteiger charge is -2.18. The number of benzene rings is 1. The molecule has 0 fully saturated rings. The predicted octanol–water partition coefficient (Wildman–Crippen LogP) is 1.99. The molecule has 2 rings (SSSR count). The third-order valence-electron chi connectivity index (χ3n) is 3.80. The van der Waals surface area contributed by atoms with Gasteiger partial charge in [-0.25, -0.2) is 9.36 Å². The minimum atomic E-state index is -4.86. The Bertz CT molecular complexity index is 998. The highest BCUT2D eigenvalue weighted by Crippen LogP contribution is 2.28. The Kier molecular flexibility index (Phi) is 5.93. The standard InChI is InChI=1S/C16H15ClF3N3O4/c1-8(24)14(21-27-3)10-6-9(4-5-11(10)17)23-13(25)7-12(16(18,19)20)22(2)15(23)26/h4-7,14,21H,1-3H3. The van der Waals surface area contributed by atoms with Gasteiger partial charge in [0.1, 0.15) is 11.7 Å². The molecule has 27 heavy (non-hydrogen) atoms. The highest BCUT2D eigenvalue weighted by molar-refractivity contribution is 6.31. The number of hydrogen-bond donors (Lipinski definition) is 1. The van der Waals surface area contributed by atoms with Gasteiger partial charge in [0.05, 0.1) is 12.8 Å². The van der Waals surface area contributed by atoms with Crippen LogP contribution in [-0.4, -0.2) is 22.0 Å². The van der Waals surface area contributed by atoms with Gasteiger partial charge in [0.15, 0.2) is 5.78 Å². The average molecular weight is 406 g/mol. The molecule has 1 N–H and O–H groups in total. The Morgan fingerprint density at radius 3 is 2.41 bits per heavy atom. The molecule has 1 heterocycles. The second-order valence-electron chi connectivity index (χ2n) is 5.61. The summed E-state index contributed by atoms with van der Waals surface area (Å²) in [6, 6.07) is 3.19. The van der Waals surface area contributed by atoms with E-state index in [9.17, 15) is 27.6 Å². The van der Waals surface area contributed by atoms with Crippen LogP contribution in [0.15, 0.2) is 33.9 Å². The lowest BCUT2D eigenvalue weighted by molar-refractivity contribution is -0.144. The van der Waals surface area contributed by atoms with Gasteiger partial charge >= 0.3 is 11.9 Å². The minimum absolute atomic E-state index is 0.0436. The first-order valence-corrected chi connectivity index (χ1v) is 7.86. The molecule has 0 radical (unpaired) electrons. The quantitative estimate of drug-likeness (QED) is 0.769. The number of carbonyl (C=O) groups excluding carboxylic acids is 1. The molecule has 2 aromatic rings. The summed E-state index contributed by atoms with van der Waals surface area (Å²) in [5.41, 5.74) is -1.15. The number of nitrogens with zero attached hydrogens (tertiary/aromatic N) is 2. The summed E-state index contributed by atoms with van der Waals surface area (Å²) < 4.78 is 39.7. The summed E-state index contributed by atoms with van der Waals surface area (Å²) in [6.45, 7) is 1.27. The van der Waals surface area contributed by atoms with E-state index in [1.807, 2.05) is 0 Å². The van der Waals surface area contributed by atoms with Crippen molar-refractivity contribution in [1.29, 1.82) is 0 Å². The molecule has 0 saturated heterocycles. The summed E-state index contributed by atoms with van der Waals surface area (Å²) >= 11 is 6.09. The van der Waals surface area contributed by atoms with Crippen LogP contribution in [0.5, 0.6) is 0 Å². The Hall–Kier alpha value is -2.43. The molecule has 1 aromatic heterocycles. The van der Waals surface area contributed by atoms with E-state index < -0.39 is 29.2 Å². The molecule has 7 nitrogen and oxygen atoms in total. The molecule has 0 amide bonds. The first-order valence-electron chi connectivity index (χ1n) is 7.48. The number of halogens is 4. The van der Waals surface area contributed by atoms with Crippen LogP contribution in [0.25, 0.3) is 5.69 Å². The number of alkyl halides is 3. The highest BCUT2D eigenvalue weighted by Gasteiger charge is 2.35. The van der Waals surface area contributed by atoms with Crippen molar-refractivity contribution in [3.8, 4) is 5.69 Å². The molecule has 1 aromatic carbocycles. The SMILES string of the molecule is CONC(C(C)=O)c1cc(-n2c(=O)cc(C(F)(F)F)n(C)c2=O)ccc1Cl. The van der Waals surface area contributed by atoms with Crippen molar-refractivity contribution in [2.24, 2.45) is 7.05 Å². The van der Waals surface area contributed by atoms with E-state index in [1.165, 1.54) is 32.2 Å². The van der Waals surface area contributed by atoms with Crippen molar-refractivity contribution in [3.05, 3.63) is 61.4 Å². The van der Waals surface area contributed by atoms with Crippen molar-refractivity contribution < 1.29 is 22.8 Å². The molecule has 0 saturated carbocycles. The van der Waals surface area contributed by atoms with E-state index >= 15 is 0 Å². The minimum Gasteiger partial charge on any atom is -0.304 e. The van der Waals surface area contributed by atoms with Crippen LogP contribution in [0, 0.1) is 0 Å². The number of nitrogens with one attached hydrogen (secondary N) is 1. The molecule has 0 aliphatic carbocycles. The van der Waals surface area contributed by atoms with E-state index in [0.717, 1.165) is 7.05 Å². The Labute approximate surface area is 155 Å². The van der Waals surface area contributed by atoms with E-state index in [-0.39, 0.29) is 22.1 Å². The van der Waals surface area contributed by atoms with E-state index in [1.54, 1.807) is 0 Å². The predicted molar refractivity (Wildman–Crippen MR) is 90.9 cm³/mol. The van der Waals surface area contributed by atoms with Gasteiger partial charge < -0.3 is 4.84 Å². The van der Waals surface area contributed by atoms with Crippen molar-refractivity contribution in [2.45, 2.75) is 19.1 Å². The Morgan fingerprint density at radius 2 is 1.89 bits per heavy atom. The lowest BCUT2D eigenvalue weighted by atomic mass is 10.0. The third kappa shape index (κ3) is 4.12. The van der Waals surface area contributed by atoms with Gasteiger partial charge in [0, 0.05) is 18.1 Å². The molecule has 0 spiro atoms. The van der Waals surface area contributed by atoms with Crippen LogP contribution >= 0.6 is 11.6 Å². The van der Waals surface area contributed by atoms with Crippen LogP contribution < -0.4 is 16.7 Å². The third-order valence-corrected chi connectivity index (χ3v) is 4.15. The number of rotatable bonds is 5. The molecule has 146 valence electrons. The molecule has 1 unspecified atom stereocenters. The van der Waals surface area contributed by atoms with Crippen LogP contribution in [0.3, 0.4) is 0 Å². The first kappa shape index (κ1) is 20.9. The van der Waals surface area contributed by atoms with E-state index in [0.29, 0.717) is 15.2 Å². The molecular formula is C16H15ClF3N3O4. The second-order valence-corrected chi connectivity index (χ2v) is 6.02. The number of carbonyl (C=O) groups is 1. The van der Waals surface area contributed by atoms with Gasteiger partial charge in [-0.1, -0.05) is 11.6 Å². The van der Waals surface area contributed by atoms with Crippen LogP contribution in [0.2, 0.25) is 5.02 Å². The monoisotopic (exact) mass is 405 g/mol. The highest BCUT2D eigenvalue weighted by atomic mass is 35.5. The maximum atomic E-state index is 13.0. The van der Waals surface area contributed by atoms with Gasteiger partial charge in [-0.15, -0.1) is 0 Å². The lowest BCUT2D eigenvalue weighted by Crippen LogP contribution is -2.40. The molecule has 0 bridgehead atoms. The largest absolute Gasteiger partial charge is 0.431 e. The van der Waals surface area contributed by atoms with E-state index in [4.69, 9.17) is 16.4 Å². The molecule has 0 aliphatic rings. The van der Waals surface area contributed by atoms with Gasteiger partial charge in [-0.3, -0.25) is 14.2 Å². The van der Waals surface area contributed by atoms with Crippen molar-refractivity contribution in [2.75, 3.05) is 7.11 Å². The summed E-state index contributed by atoms with van der Waals surface area (Å²) in [6.07, 6.45) is -4.86. The summed E-state index contributed by atoms with van der Waals surface area (Å²) in [7, 11) is 2.19. The fraction of sp³-hybridized carbons (Fsp3) is 0.312. The normalized spacial score (nSPS) is 12.9. The van der Waals surface area contributed by atoms with Gasteiger partial charge in [0.2, 0.25) is 0 Å². The maximum Gasteiger partial charge on any atom is 0.431 e. The van der Waals surface area contributed by atoms with Crippen LogP contribution in [0.1, 0.15) is 24.2 Å². The smallest absolute Gasteiger partial charge is 0.304 e. The second kappa shape index (κ2) is 7.67. The Balaban J connectivity index is 2.72. The number of hydroxylamine groups is 1. The first-order chi connectivity index (χ1) is 12.5. The van der Waals surface area contributed by atoms with Crippen molar-refractivity contribution >= 4 is 17.4 Å². The molecule has 0 aliphatic heterocycles. The zero-order valence-electron chi connectivity index (χ0n) is 14.4. The zero-order chi connectivity index (χ0) is 20.5. The summed E-state index contributed by atoms with van der Waals surface area (Å²) in [5.74, 6) is -0.372. The number of hydrogen-bond acceptors (Lipinski definition) is 5. The van der Waals surface area contributed by atoms with Crippen LogP contribution in [-0.2, 0) is 22.9 Å². The van der Waals surface area contributed by atoms with Crippen LogP contribution in [0.4, 0.5) is 13.2 Å². The number of ketones is 1. The summed E-state index contributed by atoms with van der Waals surface area (Å²) in [5, 5.41) is 0.139. The molecular weight excluding hydrogens is 391 g/mol. The zero-order valence-corrected chi connectivity index (χ0v) is 15.2. The molecule has 11 heteroatoms. The summed E-state index contributed by atoms with van der Waals surface area (Å²) in [4.78, 5) is 41.1. The van der Waals surface area contributed by atoms with Crippen molar-refractivity contribution in [3.63, 3.8) is 0 Å². The fourth-order valence-electron chi connectivity index (χ4n) is 2.51. The molecule has 1 atom stereocenters. The number of aromatic nitrogens is 2. The fourth-order valence-corrected chi connectivity index (χ4v) is 2.74. The van der Waals surface area contributed by atoms with Crippen molar-refractivity contribution in [1.82, 2.24) is 14.6 Å². The van der Waals surface area contributed by atoms with Gasteiger partial charge in [-0.05, 0) is 30.7 Å². The maximum absolute atomic E-state index is 13.0.